The Bertz CT molecular complexity index is 735. The zero-order valence-corrected chi connectivity index (χ0v) is 13.0. The molecule has 1 aliphatic carbocycles. The summed E-state index contributed by atoms with van der Waals surface area (Å²) >= 11 is 0. The molecule has 22 heavy (non-hydrogen) atoms. The van der Waals surface area contributed by atoms with Crippen LogP contribution in [0.2, 0.25) is 0 Å². The van der Waals surface area contributed by atoms with Crippen molar-refractivity contribution in [3.63, 3.8) is 0 Å². The number of rotatable bonds is 2. The van der Waals surface area contributed by atoms with Gasteiger partial charge in [-0.1, -0.05) is 6.42 Å². The van der Waals surface area contributed by atoms with E-state index in [1.54, 1.807) is 20.5 Å². The van der Waals surface area contributed by atoms with Gasteiger partial charge in [-0.15, -0.1) is 0 Å². The first-order valence-electron chi connectivity index (χ1n) is 7.81. The third-order valence-corrected chi connectivity index (χ3v) is 4.78. The largest absolute Gasteiger partial charge is 0.495 e. The fourth-order valence-corrected chi connectivity index (χ4v) is 3.69. The molecule has 1 aliphatic heterocycles. The van der Waals surface area contributed by atoms with Crippen LogP contribution in [0.1, 0.15) is 37.7 Å². The van der Waals surface area contributed by atoms with Gasteiger partial charge in [0, 0.05) is 0 Å². The lowest BCUT2D eigenvalue weighted by Gasteiger charge is -2.38. The number of furan rings is 1. The SMILES string of the molecule is COc1c2c(c(OC)c3occc13)OC1(C=C2)CCCCC1. The van der Waals surface area contributed by atoms with Gasteiger partial charge < -0.3 is 18.6 Å². The molecular weight excluding hydrogens is 280 g/mol. The van der Waals surface area contributed by atoms with Crippen molar-refractivity contribution in [3.05, 3.63) is 24.0 Å². The average Bonchev–Trinajstić information content (AvgIpc) is 3.02. The molecule has 2 heterocycles. The molecule has 0 saturated heterocycles. The molecule has 1 fully saturated rings. The normalized spacial score (nSPS) is 19.0. The quantitative estimate of drug-likeness (QED) is 0.815. The van der Waals surface area contributed by atoms with Crippen LogP contribution in [-0.4, -0.2) is 19.8 Å². The van der Waals surface area contributed by atoms with Gasteiger partial charge in [-0.2, -0.15) is 0 Å². The third-order valence-electron chi connectivity index (χ3n) is 4.78. The highest BCUT2D eigenvalue weighted by Gasteiger charge is 2.37. The van der Waals surface area contributed by atoms with Crippen molar-refractivity contribution in [2.45, 2.75) is 37.7 Å². The predicted molar refractivity (Wildman–Crippen MR) is 84.8 cm³/mol. The zero-order valence-electron chi connectivity index (χ0n) is 13.0. The highest BCUT2D eigenvalue weighted by atomic mass is 16.5. The van der Waals surface area contributed by atoms with Crippen LogP contribution >= 0.6 is 0 Å². The molecule has 1 aromatic heterocycles. The predicted octanol–water partition coefficient (Wildman–Crippen LogP) is 4.56. The second-order valence-corrected chi connectivity index (χ2v) is 6.03. The van der Waals surface area contributed by atoms with E-state index in [2.05, 4.69) is 12.2 Å². The summed E-state index contributed by atoms with van der Waals surface area (Å²) in [5.41, 5.74) is 1.41. The van der Waals surface area contributed by atoms with E-state index in [0.717, 1.165) is 35.3 Å². The lowest BCUT2D eigenvalue weighted by Crippen LogP contribution is -2.37. The van der Waals surface area contributed by atoms with Crippen molar-refractivity contribution in [1.29, 1.82) is 0 Å². The Kier molecular flexibility index (Phi) is 3.06. The molecule has 0 unspecified atom stereocenters. The van der Waals surface area contributed by atoms with Gasteiger partial charge in [0.15, 0.2) is 11.3 Å². The number of methoxy groups -OCH3 is 2. The molecule has 4 rings (SSSR count). The molecule has 0 atom stereocenters. The van der Waals surface area contributed by atoms with Gasteiger partial charge in [-0.3, -0.25) is 0 Å². The van der Waals surface area contributed by atoms with Gasteiger partial charge in [-0.05, 0) is 43.9 Å². The molecule has 2 aromatic rings. The van der Waals surface area contributed by atoms with Gasteiger partial charge in [0.05, 0.1) is 31.4 Å². The van der Waals surface area contributed by atoms with Gasteiger partial charge in [0.25, 0.3) is 0 Å². The molecule has 116 valence electrons. The van der Waals surface area contributed by atoms with Crippen LogP contribution in [0, 0.1) is 0 Å². The van der Waals surface area contributed by atoms with Crippen LogP contribution in [-0.2, 0) is 0 Å². The minimum absolute atomic E-state index is 0.205. The molecule has 1 spiro atoms. The Hall–Kier alpha value is -2.10. The summed E-state index contributed by atoms with van der Waals surface area (Å²) in [6, 6.07) is 1.90. The smallest absolute Gasteiger partial charge is 0.205 e. The van der Waals surface area contributed by atoms with Crippen molar-refractivity contribution in [3.8, 4) is 17.2 Å². The van der Waals surface area contributed by atoms with E-state index < -0.39 is 0 Å². The minimum Gasteiger partial charge on any atom is -0.495 e. The summed E-state index contributed by atoms with van der Waals surface area (Å²) in [4.78, 5) is 0. The van der Waals surface area contributed by atoms with E-state index in [9.17, 15) is 0 Å². The zero-order chi connectivity index (χ0) is 15.2. The van der Waals surface area contributed by atoms with Crippen LogP contribution in [0.3, 0.4) is 0 Å². The molecular formula is C18H20O4. The average molecular weight is 300 g/mol. The number of ether oxygens (including phenoxy) is 3. The van der Waals surface area contributed by atoms with Crippen LogP contribution in [0.4, 0.5) is 0 Å². The van der Waals surface area contributed by atoms with E-state index in [1.807, 2.05) is 6.07 Å². The lowest BCUT2D eigenvalue weighted by atomic mass is 9.82. The van der Waals surface area contributed by atoms with Crippen molar-refractivity contribution in [1.82, 2.24) is 0 Å². The van der Waals surface area contributed by atoms with Gasteiger partial charge in [0.2, 0.25) is 5.75 Å². The Morgan fingerprint density at radius 1 is 1.05 bits per heavy atom. The van der Waals surface area contributed by atoms with Crippen LogP contribution in [0.5, 0.6) is 17.2 Å². The molecule has 1 aromatic carbocycles. The Balaban J connectivity index is 1.94. The molecule has 0 radical (unpaired) electrons. The van der Waals surface area contributed by atoms with Crippen LogP contribution in [0.25, 0.3) is 17.0 Å². The van der Waals surface area contributed by atoms with Gasteiger partial charge in [-0.25, -0.2) is 0 Å². The fraction of sp³-hybridized carbons (Fsp3) is 0.444. The Labute approximate surface area is 129 Å². The number of fused-ring (bicyclic) bond motifs is 2. The van der Waals surface area contributed by atoms with E-state index in [1.165, 1.54) is 19.3 Å². The summed E-state index contributed by atoms with van der Waals surface area (Å²) in [5, 5.41) is 0.908. The first kappa shape index (κ1) is 13.6. The minimum atomic E-state index is -0.205. The summed E-state index contributed by atoms with van der Waals surface area (Å²) in [7, 11) is 3.33. The maximum Gasteiger partial charge on any atom is 0.205 e. The van der Waals surface area contributed by atoms with Crippen molar-refractivity contribution in [2.75, 3.05) is 14.2 Å². The number of benzene rings is 1. The van der Waals surface area contributed by atoms with E-state index in [-0.39, 0.29) is 5.60 Å². The Morgan fingerprint density at radius 2 is 1.82 bits per heavy atom. The summed E-state index contributed by atoms with van der Waals surface area (Å²) < 4.78 is 23.3. The second-order valence-electron chi connectivity index (χ2n) is 6.03. The van der Waals surface area contributed by atoms with E-state index in [0.29, 0.717) is 11.3 Å². The van der Waals surface area contributed by atoms with Crippen molar-refractivity contribution < 1.29 is 18.6 Å². The topological polar surface area (TPSA) is 40.8 Å². The van der Waals surface area contributed by atoms with Crippen LogP contribution in [0.15, 0.2) is 22.8 Å². The summed E-state index contributed by atoms with van der Waals surface area (Å²) in [5.74, 6) is 2.18. The standard InChI is InChI=1S/C18H20O4/c1-19-14-12-6-10-18(8-4-3-5-9-18)22-16(12)17(20-2)15-13(14)7-11-21-15/h6-7,10-11H,3-5,8-9H2,1-2H3. The van der Waals surface area contributed by atoms with E-state index >= 15 is 0 Å². The first-order valence-corrected chi connectivity index (χ1v) is 7.81. The molecule has 0 amide bonds. The second kappa shape index (κ2) is 4.97. The van der Waals surface area contributed by atoms with Crippen molar-refractivity contribution in [2.24, 2.45) is 0 Å². The molecule has 4 nitrogen and oxygen atoms in total. The first-order chi connectivity index (χ1) is 10.8. The van der Waals surface area contributed by atoms with Crippen LogP contribution < -0.4 is 14.2 Å². The molecule has 2 aliphatic rings. The van der Waals surface area contributed by atoms with Gasteiger partial charge in [0.1, 0.15) is 11.4 Å². The fourth-order valence-electron chi connectivity index (χ4n) is 3.69. The number of hydrogen-bond acceptors (Lipinski definition) is 4. The molecule has 0 N–H and O–H groups in total. The maximum absolute atomic E-state index is 6.45. The molecule has 0 bridgehead atoms. The highest BCUT2D eigenvalue weighted by molar-refractivity contribution is 5.96. The highest BCUT2D eigenvalue weighted by Crippen LogP contribution is 2.51. The lowest BCUT2D eigenvalue weighted by molar-refractivity contribution is 0.0717. The summed E-state index contributed by atoms with van der Waals surface area (Å²) in [6.07, 6.45) is 11.7. The third kappa shape index (κ3) is 1.83. The molecule has 1 saturated carbocycles. The monoisotopic (exact) mass is 300 g/mol. The maximum atomic E-state index is 6.45. The Morgan fingerprint density at radius 3 is 2.55 bits per heavy atom. The molecule has 4 heteroatoms. The van der Waals surface area contributed by atoms with Gasteiger partial charge >= 0.3 is 0 Å². The van der Waals surface area contributed by atoms with Crippen molar-refractivity contribution >= 4 is 17.0 Å². The summed E-state index contributed by atoms with van der Waals surface area (Å²) in [6.45, 7) is 0. The number of hydrogen-bond donors (Lipinski definition) is 0. The van der Waals surface area contributed by atoms with E-state index in [4.69, 9.17) is 18.6 Å².